The van der Waals surface area contributed by atoms with Crippen LogP contribution in [0.25, 0.3) is 5.13 Å². The van der Waals surface area contributed by atoms with Gasteiger partial charge in [0.1, 0.15) is 11.4 Å². The number of hydrogen-bond donors (Lipinski definition) is 1. The standard InChI is InChI=1S/C14H21N4O2S2/c1-8(2)11-6-10(5)7-12(9(3)4)18(11)13-16-17-14(21-13)22(15,19)20/h6-9H,1-5H3,(H2,15,19,20)/q+1. The number of pyridine rings is 1. The minimum Gasteiger partial charge on any atom is -0.222 e. The third-order valence-electron chi connectivity index (χ3n) is 3.28. The summed E-state index contributed by atoms with van der Waals surface area (Å²) in [6, 6.07) is 4.18. The molecule has 2 aromatic heterocycles. The predicted octanol–water partition coefficient (Wildman–Crippen LogP) is 2.02. The van der Waals surface area contributed by atoms with E-state index in [1.54, 1.807) is 0 Å². The van der Waals surface area contributed by atoms with Crippen molar-refractivity contribution in [3.8, 4) is 5.13 Å². The molecule has 0 radical (unpaired) electrons. The van der Waals surface area contributed by atoms with Crippen LogP contribution in [0.15, 0.2) is 16.5 Å². The Labute approximate surface area is 135 Å². The summed E-state index contributed by atoms with van der Waals surface area (Å²) in [7, 11) is -3.83. The van der Waals surface area contributed by atoms with Crippen molar-refractivity contribution in [3.05, 3.63) is 29.1 Å². The molecule has 2 N–H and O–H groups in total. The third-order valence-corrected chi connectivity index (χ3v) is 5.50. The van der Waals surface area contributed by atoms with Gasteiger partial charge in [-0.1, -0.05) is 27.7 Å². The fourth-order valence-corrected chi connectivity index (χ4v) is 3.73. The van der Waals surface area contributed by atoms with E-state index in [0.717, 1.165) is 22.7 Å². The van der Waals surface area contributed by atoms with Crippen molar-refractivity contribution in [3.63, 3.8) is 0 Å². The lowest BCUT2D eigenvalue weighted by molar-refractivity contribution is -0.615. The quantitative estimate of drug-likeness (QED) is 0.862. The molecule has 0 unspecified atom stereocenters. The molecule has 0 aromatic carbocycles. The molecule has 0 saturated carbocycles. The molecule has 2 rings (SSSR count). The summed E-state index contributed by atoms with van der Waals surface area (Å²) >= 11 is 0.990. The van der Waals surface area contributed by atoms with Crippen molar-refractivity contribution in [2.24, 2.45) is 5.14 Å². The molecule has 2 aromatic rings. The molecule has 0 aliphatic heterocycles. The number of rotatable bonds is 4. The molecule has 0 bridgehead atoms. The molecular weight excluding hydrogens is 320 g/mol. The van der Waals surface area contributed by atoms with Gasteiger partial charge in [0.15, 0.2) is 0 Å². The van der Waals surface area contributed by atoms with Gasteiger partial charge in [-0.25, -0.2) is 13.6 Å². The van der Waals surface area contributed by atoms with E-state index in [1.807, 2.05) is 4.57 Å². The molecule has 22 heavy (non-hydrogen) atoms. The Hall–Kier alpha value is -1.38. The Morgan fingerprint density at radius 1 is 1.09 bits per heavy atom. The first-order chi connectivity index (χ1) is 10.1. The van der Waals surface area contributed by atoms with Gasteiger partial charge in [0, 0.05) is 11.8 Å². The van der Waals surface area contributed by atoms with Crippen LogP contribution < -0.4 is 9.71 Å². The topological polar surface area (TPSA) is 89.8 Å². The highest BCUT2D eigenvalue weighted by Crippen LogP contribution is 2.22. The average molecular weight is 341 g/mol. The van der Waals surface area contributed by atoms with Crippen molar-refractivity contribution in [1.29, 1.82) is 0 Å². The molecule has 0 aliphatic carbocycles. The van der Waals surface area contributed by atoms with Gasteiger partial charge in [0.05, 0.1) is 5.10 Å². The molecule has 0 atom stereocenters. The van der Waals surface area contributed by atoms with Crippen molar-refractivity contribution in [2.75, 3.05) is 0 Å². The Balaban J connectivity index is 2.75. The highest BCUT2D eigenvalue weighted by molar-refractivity contribution is 7.91. The van der Waals surface area contributed by atoms with Crippen LogP contribution in [0.4, 0.5) is 0 Å². The molecule has 2 heterocycles. The fourth-order valence-electron chi connectivity index (χ4n) is 2.26. The van der Waals surface area contributed by atoms with E-state index in [-0.39, 0.29) is 16.2 Å². The van der Waals surface area contributed by atoms with Gasteiger partial charge >= 0.3 is 5.13 Å². The second-order valence-electron chi connectivity index (χ2n) is 5.92. The van der Waals surface area contributed by atoms with Crippen LogP contribution in [-0.2, 0) is 10.0 Å². The molecule has 8 heteroatoms. The SMILES string of the molecule is Cc1cc(C(C)C)[n+](-c2nnc(S(N)(=O)=O)s2)c(C(C)C)c1. The van der Waals surface area contributed by atoms with Crippen LogP contribution >= 0.6 is 11.3 Å². The molecule has 0 saturated heterocycles. The second kappa shape index (κ2) is 6.02. The zero-order valence-corrected chi connectivity index (χ0v) is 15.0. The number of hydrogen-bond acceptors (Lipinski definition) is 5. The van der Waals surface area contributed by atoms with Gasteiger partial charge < -0.3 is 0 Å². The average Bonchev–Trinajstić information content (AvgIpc) is 2.86. The monoisotopic (exact) mass is 341 g/mol. The Morgan fingerprint density at radius 3 is 1.95 bits per heavy atom. The molecular formula is C14H21N4O2S2+. The summed E-state index contributed by atoms with van der Waals surface area (Å²) in [5, 5.41) is 13.4. The summed E-state index contributed by atoms with van der Waals surface area (Å²) in [6.45, 7) is 10.4. The molecule has 0 fully saturated rings. The Kier molecular flexibility index (Phi) is 4.65. The summed E-state index contributed by atoms with van der Waals surface area (Å²) < 4.78 is 24.7. The Morgan fingerprint density at radius 2 is 1.59 bits per heavy atom. The van der Waals surface area contributed by atoms with Gasteiger partial charge in [-0.2, -0.15) is 4.57 Å². The lowest BCUT2D eigenvalue weighted by atomic mass is 10.0. The summed E-state index contributed by atoms with van der Waals surface area (Å²) in [4.78, 5) is 0. The Bertz CT molecular complexity index is 766. The van der Waals surface area contributed by atoms with Crippen LogP contribution in [0.3, 0.4) is 0 Å². The van der Waals surface area contributed by atoms with Gasteiger partial charge in [0.25, 0.3) is 14.4 Å². The lowest BCUT2D eigenvalue weighted by Crippen LogP contribution is -2.41. The van der Waals surface area contributed by atoms with E-state index < -0.39 is 10.0 Å². The highest BCUT2D eigenvalue weighted by Gasteiger charge is 2.28. The van der Waals surface area contributed by atoms with Crippen LogP contribution in [0, 0.1) is 6.92 Å². The number of nitrogens with two attached hydrogens (primary N) is 1. The molecule has 6 nitrogen and oxygen atoms in total. The second-order valence-corrected chi connectivity index (χ2v) is 8.61. The first-order valence-electron chi connectivity index (χ1n) is 7.04. The number of aryl methyl sites for hydroxylation is 1. The summed E-state index contributed by atoms with van der Waals surface area (Å²) in [6.07, 6.45) is 0. The molecule has 0 spiro atoms. The maximum atomic E-state index is 11.4. The zero-order valence-electron chi connectivity index (χ0n) is 13.4. The molecule has 0 amide bonds. The van der Waals surface area contributed by atoms with Crippen LogP contribution in [0.1, 0.15) is 56.5 Å². The first-order valence-corrected chi connectivity index (χ1v) is 9.40. The maximum Gasteiger partial charge on any atom is 0.416 e. The minimum atomic E-state index is -3.83. The lowest BCUT2D eigenvalue weighted by Gasteiger charge is -2.15. The van der Waals surface area contributed by atoms with Crippen molar-refractivity contribution >= 4 is 21.4 Å². The van der Waals surface area contributed by atoms with E-state index in [4.69, 9.17) is 5.14 Å². The summed E-state index contributed by atoms with van der Waals surface area (Å²) in [5.74, 6) is 0.526. The third kappa shape index (κ3) is 3.34. The van der Waals surface area contributed by atoms with E-state index in [9.17, 15) is 8.42 Å². The highest BCUT2D eigenvalue weighted by atomic mass is 32.2. The zero-order chi connectivity index (χ0) is 16.7. The van der Waals surface area contributed by atoms with Crippen LogP contribution in [0.2, 0.25) is 0 Å². The fraction of sp³-hybridized carbons (Fsp3) is 0.500. The minimum absolute atomic E-state index is 0.167. The van der Waals surface area contributed by atoms with Crippen molar-refractivity contribution in [1.82, 2.24) is 10.2 Å². The van der Waals surface area contributed by atoms with Gasteiger partial charge in [-0.15, -0.1) is 0 Å². The normalized spacial score (nSPS) is 12.4. The predicted molar refractivity (Wildman–Crippen MR) is 85.7 cm³/mol. The van der Waals surface area contributed by atoms with E-state index in [0.29, 0.717) is 5.13 Å². The number of nitrogens with zero attached hydrogens (tertiary/aromatic N) is 3. The smallest absolute Gasteiger partial charge is 0.222 e. The number of aromatic nitrogens is 3. The maximum absolute atomic E-state index is 11.4. The summed E-state index contributed by atoms with van der Waals surface area (Å²) in [5.41, 5.74) is 3.31. The van der Waals surface area contributed by atoms with Gasteiger partial charge in [-0.3, -0.25) is 0 Å². The van der Waals surface area contributed by atoms with E-state index in [1.165, 1.54) is 5.56 Å². The number of primary sulfonamides is 1. The molecule has 0 aliphatic rings. The van der Waals surface area contributed by atoms with Crippen LogP contribution in [0.5, 0.6) is 0 Å². The van der Waals surface area contributed by atoms with E-state index >= 15 is 0 Å². The van der Waals surface area contributed by atoms with Gasteiger partial charge in [0.2, 0.25) is 0 Å². The van der Waals surface area contributed by atoms with Crippen molar-refractivity contribution in [2.45, 2.75) is 50.8 Å². The first kappa shape index (κ1) is 17.0. The van der Waals surface area contributed by atoms with Gasteiger partial charge in [-0.05, 0) is 41.1 Å². The largest absolute Gasteiger partial charge is 0.416 e. The van der Waals surface area contributed by atoms with Crippen LogP contribution in [-0.4, -0.2) is 18.6 Å². The number of sulfonamides is 1. The van der Waals surface area contributed by atoms with E-state index in [2.05, 4.69) is 56.9 Å². The van der Waals surface area contributed by atoms with Crippen molar-refractivity contribution < 1.29 is 13.0 Å². The molecule has 120 valence electrons.